The van der Waals surface area contributed by atoms with Crippen LogP contribution < -0.4 is 58.1 Å². The van der Waals surface area contributed by atoms with Gasteiger partial charge in [0.05, 0.1) is 24.0 Å². The first-order chi connectivity index (χ1) is 34.8. The quantitative estimate of drug-likeness (QED) is 0.0162. The molecule has 5 aromatic rings. The summed E-state index contributed by atoms with van der Waals surface area (Å²) in [6.45, 7) is 13.2. The van der Waals surface area contributed by atoms with Crippen LogP contribution in [0.2, 0.25) is 5.28 Å². The maximum Gasteiger partial charge on any atom is 1.00 e. The standard InChI is InChI=1S/C7H11N3.C7H5N3.C6H12O3.C5H2ClN3.C5H5N3O2.C5H6N2O.2C2H6O.CH4N2O.CH4.Cl3OP.HNO2.Na/c2*1-2-7-9-4-3-6(5-8)10-7;1-5(7)4-6(8-2)9-3;6-5-8-2-1-4(3-7)9-5;9-5-6-2-1-4(8-5)3-7-10;1-4-2-3-6-5(8)7-4;2*1-2-3;2-1(3)4;;1-5(2,3)4;2-1-3;/h3-4H,2,5,8H2,1H3;2-4H,1H2;6H,4H2,1-3H3;1-2H;1-3,10H,(H,6,8,9);2-3H,1H3,(H,6,7,8);2*3H,2H2,1H3;(H4,2,3,4);1H4;;(H,2,3);/q;;;;;;;;;;;;+1/p-1/b;;;;7-3+;;;;;;;;. The van der Waals surface area contributed by atoms with Gasteiger partial charge in [-0.05, 0) is 109 Å². The van der Waals surface area contributed by atoms with Crippen LogP contribution in [0.5, 0.6) is 0 Å². The van der Waals surface area contributed by atoms with E-state index in [0.29, 0.717) is 30.2 Å². The van der Waals surface area contributed by atoms with Crippen LogP contribution in [0.4, 0.5) is 4.79 Å². The molecule has 0 aliphatic rings. The molecule has 35 heteroatoms. The maximum atomic E-state index is 10.5. The van der Waals surface area contributed by atoms with Crippen molar-refractivity contribution in [3.8, 4) is 12.1 Å². The van der Waals surface area contributed by atoms with Crippen molar-refractivity contribution in [2.75, 3.05) is 27.4 Å². The van der Waals surface area contributed by atoms with Crippen LogP contribution in [0.25, 0.3) is 6.08 Å². The third-order valence-electron chi connectivity index (χ3n) is 5.69. The van der Waals surface area contributed by atoms with Crippen LogP contribution in [0, 0.1) is 39.7 Å². The summed E-state index contributed by atoms with van der Waals surface area (Å²) in [5.41, 5.74) is 16.0. The monoisotopic (exact) mass is 1180 g/mol. The van der Waals surface area contributed by atoms with Gasteiger partial charge in [0, 0.05) is 77.1 Å². The number of nitriles is 2. The largest absolute Gasteiger partial charge is 1.00 e. The number of aromatic nitrogens is 10. The van der Waals surface area contributed by atoms with Crippen molar-refractivity contribution < 1.29 is 68.6 Å². The van der Waals surface area contributed by atoms with Crippen LogP contribution in [-0.4, -0.2) is 117 Å². The van der Waals surface area contributed by atoms with Gasteiger partial charge in [-0.15, -0.1) is 5.34 Å². The fourth-order valence-corrected chi connectivity index (χ4v) is 3.28. The Labute approximate surface area is 480 Å². The Morgan fingerprint density at radius 1 is 0.868 bits per heavy atom. The average Bonchev–Trinajstić information content (AvgIpc) is 3.34. The summed E-state index contributed by atoms with van der Waals surface area (Å²) in [5.74, 6) is 1.42. The normalized spacial score (nSPS) is 8.64. The summed E-state index contributed by atoms with van der Waals surface area (Å²) in [6, 6.07) is 11.0. The molecule has 0 aliphatic heterocycles. The summed E-state index contributed by atoms with van der Waals surface area (Å²) < 4.78 is 19.0. The third-order valence-corrected chi connectivity index (χ3v) is 5.88. The number of H-pyrrole nitrogens is 2. The SMILES string of the molecule is C.C=Cc1nccc(C#N)n1.CCO.CCO.CCc1nccc(CN)n1.COC(CC(C)=O)OC.Cc1ccnc(=O)[nH]1.N#Cc1ccnc(Cl)n1.NC(N)=O.O=N[O-].O=P(Cl)(Cl)Cl.O=c1nccc(/C=N/O)[nH]1.[Na+]. The summed E-state index contributed by atoms with van der Waals surface area (Å²) in [7, 11) is 3.02. The van der Waals surface area contributed by atoms with Crippen LogP contribution in [0.15, 0.2) is 88.0 Å². The number of aromatic amines is 2. The first-order valence-electron chi connectivity index (χ1n) is 19.8. The number of aliphatic hydroxyl groups is 2. The second-order valence-corrected chi connectivity index (χ2v) is 18.4. The Hall–Kier alpha value is -6.28. The molecule has 5 aromatic heterocycles. The number of methoxy groups -OCH3 is 2. The van der Waals surface area contributed by atoms with E-state index in [1.165, 1.54) is 64.1 Å². The van der Waals surface area contributed by atoms with E-state index in [4.69, 9.17) is 67.7 Å². The Bertz CT molecular complexity index is 2500. The van der Waals surface area contributed by atoms with Gasteiger partial charge in [-0.25, -0.2) is 54.3 Å². The molecule has 29 nitrogen and oxygen atoms in total. The van der Waals surface area contributed by atoms with Gasteiger partial charge in [-0.1, -0.05) is 26.1 Å². The Kier molecular flexibility index (Phi) is 69.7. The summed E-state index contributed by atoms with van der Waals surface area (Å²) >= 11 is 19.2. The molecule has 0 saturated heterocycles. The number of Topliss-reactive ketones (excluding diaryl/α,β-unsaturated/α-hetero) is 1. The maximum absolute atomic E-state index is 10.5. The number of rotatable bonds is 8. The molecule has 0 saturated carbocycles. The van der Waals surface area contributed by atoms with E-state index in [0.717, 1.165) is 35.2 Å². The van der Waals surface area contributed by atoms with Crippen LogP contribution in [0.1, 0.15) is 81.7 Å². The molecular weight excluding hydrogens is 1120 g/mol. The number of nitrogens with one attached hydrogen (secondary N) is 2. The summed E-state index contributed by atoms with van der Waals surface area (Å²) in [4.78, 5) is 82.9. The molecule has 2 amide bonds. The van der Waals surface area contributed by atoms with Crippen molar-refractivity contribution in [3.05, 3.63) is 144 Å². The van der Waals surface area contributed by atoms with Crippen molar-refractivity contribution in [2.45, 2.75) is 67.7 Å². The number of amides is 2. The average molecular weight is 1180 g/mol. The molecule has 0 aromatic carbocycles. The number of halogens is 4. The number of hydrogen-bond acceptors (Lipinski definition) is 25. The van der Waals surface area contributed by atoms with Crippen LogP contribution in [-0.2, 0) is 31.8 Å². The number of carbonyl (C=O) groups excluding carboxylic acids is 2. The number of aryl methyl sites for hydroxylation is 2. The van der Waals surface area contributed by atoms with Gasteiger partial charge in [-0.3, -0.25) is 9.36 Å². The van der Waals surface area contributed by atoms with Gasteiger partial charge in [0.2, 0.25) is 5.28 Å². The molecular formula is C41H61Cl4N17NaO12P. The Morgan fingerprint density at radius 3 is 1.61 bits per heavy atom. The molecule has 11 N–H and O–H groups in total. The zero-order valence-electron chi connectivity index (χ0n) is 41.8. The van der Waals surface area contributed by atoms with Gasteiger partial charge in [0.25, 0.3) is 0 Å². The number of nitrogens with zero attached hydrogens (tertiary/aromatic N) is 12. The van der Waals surface area contributed by atoms with Crippen molar-refractivity contribution in [1.29, 1.82) is 10.5 Å². The van der Waals surface area contributed by atoms with Crippen LogP contribution in [0.3, 0.4) is 0 Å². The molecule has 5 rings (SSSR count). The molecule has 0 spiro atoms. The van der Waals surface area contributed by atoms with Crippen LogP contribution >= 0.6 is 50.5 Å². The van der Waals surface area contributed by atoms with Gasteiger partial charge in [0.15, 0.2) is 12.1 Å². The zero-order chi connectivity index (χ0) is 58.3. The topological polar surface area (TPSA) is 490 Å². The number of nitrogens with two attached hydrogens (primary N) is 3. The molecule has 0 fully saturated rings. The number of ether oxygens (including phenoxy) is 2. The van der Waals surface area contributed by atoms with E-state index in [-0.39, 0.29) is 78.9 Å². The Morgan fingerprint density at radius 2 is 1.29 bits per heavy atom. The van der Waals surface area contributed by atoms with Gasteiger partial charge in [0.1, 0.15) is 35.1 Å². The zero-order valence-corrected chi connectivity index (χ0v) is 47.7. The van der Waals surface area contributed by atoms with E-state index in [1.807, 2.05) is 32.1 Å². The van der Waals surface area contributed by atoms with Gasteiger partial charge in [-0.2, -0.15) is 10.5 Å². The van der Waals surface area contributed by atoms with Gasteiger partial charge >= 0.3 is 52.2 Å². The van der Waals surface area contributed by atoms with Crippen molar-refractivity contribution in [3.63, 3.8) is 0 Å². The van der Waals surface area contributed by atoms with E-state index in [9.17, 15) is 18.9 Å². The molecule has 76 heavy (non-hydrogen) atoms. The fourth-order valence-electron chi connectivity index (χ4n) is 3.13. The van der Waals surface area contributed by atoms with E-state index in [1.54, 1.807) is 32.2 Å². The molecule has 0 atom stereocenters. The summed E-state index contributed by atoms with van der Waals surface area (Å²) in [6.07, 6.45) is 11.0. The van der Waals surface area contributed by atoms with Crippen molar-refractivity contribution in [2.24, 2.45) is 27.7 Å². The molecule has 0 unspecified atom stereocenters. The molecule has 0 radical (unpaired) electrons. The molecule has 0 aliphatic carbocycles. The predicted octanol–water partition coefficient (Wildman–Crippen LogP) is 2.45. The Balaban J connectivity index is -0.000000114. The number of ketones is 1. The first-order valence-corrected chi connectivity index (χ1v) is 24.6. The third kappa shape index (κ3) is 72.0. The van der Waals surface area contributed by atoms with Crippen molar-refractivity contribution >= 4 is 74.6 Å². The summed E-state index contributed by atoms with van der Waals surface area (Å²) in [5, 5.41) is 48.4. The number of primary amides is 2. The fraction of sp³-hybridized carbons (Fsp3) is 0.341. The number of hydrogen-bond donors (Lipinski definition) is 8. The molecule has 416 valence electrons. The first kappa shape index (κ1) is 86.4. The molecule has 5 heterocycles. The number of aliphatic hydroxyl groups excluding tert-OH is 2. The van der Waals surface area contributed by atoms with E-state index in [2.05, 4.69) is 107 Å². The van der Waals surface area contributed by atoms with E-state index >= 15 is 0 Å². The van der Waals surface area contributed by atoms with Gasteiger partial charge < -0.3 is 62.2 Å². The number of carbonyl (C=O) groups is 2. The number of urea groups is 1. The minimum atomic E-state index is -3.22. The minimum Gasteiger partial charge on any atom is -0.444 e. The second kappa shape index (κ2) is 61.3. The predicted molar refractivity (Wildman–Crippen MR) is 285 cm³/mol. The van der Waals surface area contributed by atoms with E-state index < -0.39 is 16.9 Å². The minimum absolute atomic E-state index is 0. The number of oxime groups is 1. The second-order valence-electron chi connectivity index (χ2n) is 11.4. The molecule has 0 bridgehead atoms. The van der Waals surface area contributed by atoms with Crippen molar-refractivity contribution in [1.82, 2.24) is 49.8 Å². The smallest absolute Gasteiger partial charge is 0.444 e.